The topological polar surface area (TPSA) is 159 Å². The molecule has 12 saturated carbocycles. The molecule has 0 bridgehead atoms. The molecule has 667 valence electrons. The minimum Gasteiger partial charge on any atom is -1.00 e. The van der Waals surface area contributed by atoms with E-state index in [1.807, 2.05) is 0 Å². The Morgan fingerprint density at radius 2 is 0.568 bits per heavy atom. The van der Waals surface area contributed by atoms with E-state index in [1.54, 1.807) is 22.3 Å². The van der Waals surface area contributed by atoms with Gasteiger partial charge in [0.1, 0.15) is 5.78 Å². The molecule has 16 aliphatic carbocycles. The van der Waals surface area contributed by atoms with Gasteiger partial charge in [-0.1, -0.05) is 204 Å². The normalized spacial score (nSPS) is 47.7. The molecule has 0 aromatic carbocycles. The number of aliphatic hydroxyl groups is 7. The molecule has 10 heteroatoms. The molecule has 0 aromatic heterocycles. The van der Waals surface area contributed by atoms with Gasteiger partial charge in [-0.05, 0) is 413 Å². The third-order valence-corrected chi connectivity index (χ3v) is 43.0. The average Bonchev–Trinajstić information content (AvgIpc) is 1.59. The van der Waals surface area contributed by atoms with Crippen molar-refractivity contribution in [2.45, 2.75) is 462 Å². The summed E-state index contributed by atoms with van der Waals surface area (Å²) in [7, 11) is 0. The first-order chi connectivity index (χ1) is 54.7. The van der Waals surface area contributed by atoms with E-state index in [0.29, 0.717) is 90.5 Å². The van der Waals surface area contributed by atoms with Crippen LogP contribution in [0, 0.1) is 162 Å². The van der Waals surface area contributed by atoms with Crippen LogP contribution in [0.25, 0.3) is 0 Å². The van der Waals surface area contributed by atoms with E-state index in [4.69, 9.17) is 0 Å². The molecule has 0 amide bonds. The van der Waals surface area contributed by atoms with E-state index in [9.17, 15) is 40.5 Å². The molecular formula is C108H183BNaO8. The summed E-state index contributed by atoms with van der Waals surface area (Å²) in [6.07, 6.45) is 59.6. The number of Topliss-reactive ketones (excluding diaryl/α,β-unsaturated/α-hetero) is 1. The Labute approximate surface area is 750 Å². The van der Waals surface area contributed by atoms with Gasteiger partial charge in [-0.2, -0.15) is 0 Å². The molecule has 0 heterocycles. The molecular weight excluding hydrogens is 1460 g/mol. The first-order valence-corrected chi connectivity index (χ1v) is 51.0. The van der Waals surface area contributed by atoms with E-state index in [2.05, 4.69) is 163 Å². The summed E-state index contributed by atoms with van der Waals surface area (Å²) < 4.78 is 0. The molecule has 8 nitrogen and oxygen atoms in total. The number of aliphatic hydroxyl groups excluding tert-OH is 3. The van der Waals surface area contributed by atoms with Gasteiger partial charge in [-0.15, -0.1) is 0 Å². The summed E-state index contributed by atoms with van der Waals surface area (Å²) in [5, 5.41) is 76.0. The van der Waals surface area contributed by atoms with Crippen LogP contribution < -0.4 is 29.6 Å². The molecule has 12 fully saturated rings. The fraction of sp³-hybridized carbons (Fsp3) is 0.917. The summed E-state index contributed by atoms with van der Waals surface area (Å²) in [5.74, 6) is 14.3. The predicted molar refractivity (Wildman–Crippen MR) is 488 cm³/mol. The Morgan fingerprint density at radius 1 is 0.339 bits per heavy atom. The largest absolute Gasteiger partial charge is 1.00 e. The number of carbonyl (C=O) groups is 1. The first kappa shape index (κ1) is 98.0. The van der Waals surface area contributed by atoms with Crippen molar-refractivity contribution in [1.29, 1.82) is 0 Å². The predicted octanol–water partition coefficient (Wildman–Crippen LogP) is 23.0. The van der Waals surface area contributed by atoms with Crippen molar-refractivity contribution in [3.63, 3.8) is 0 Å². The van der Waals surface area contributed by atoms with Crippen LogP contribution in [-0.4, -0.2) is 90.7 Å². The molecule has 3 radical (unpaired) electrons. The Kier molecular flexibility index (Phi) is 31.1. The fourth-order valence-corrected chi connectivity index (χ4v) is 34.8. The quantitative estimate of drug-likeness (QED) is 0.0469. The Bertz CT molecular complexity index is 3260. The van der Waals surface area contributed by atoms with Crippen molar-refractivity contribution in [1.82, 2.24) is 0 Å². The third-order valence-electron chi connectivity index (χ3n) is 43.0. The Morgan fingerprint density at radius 3 is 0.788 bits per heavy atom. The van der Waals surface area contributed by atoms with Crippen molar-refractivity contribution in [2.75, 3.05) is 0 Å². The van der Waals surface area contributed by atoms with Crippen LogP contribution in [0.2, 0.25) is 0 Å². The third kappa shape index (κ3) is 17.3. The second kappa shape index (κ2) is 37.5. The number of fused-ring (bicyclic) bond motifs is 20. The Hall–Kier alpha value is -0.585. The summed E-state index contributed by atoms with van der Waals surface area (Å²) in [4.78, 5) is 12.7. The molecule has 35 atom stereocenters. The van der Waals surface area contributed by atoms with Crippen LogP contribution in [0.5, 0.6) is 0 Å². The summed E-state index contributed by atoms with van der Waals surface area (Å²) in [5.41, 5.74) is 7.33. The molecule has 0 aromatic rings. The molecule has 0 saturated heterocycles. The molecule has 0 spiro atoms. The maximum Gasteiger partial charge on any atom is 1.00 e. The molecule has 7 N–H and O–H groups in total. The number of allylic oxidation sites excluding steroid dienone is 4. The van der Waals surface area contributed by atoms with Crippen LogP contribution in [0.15, 0.2) is 46.6 Å². The summed E-state index contributed by atoms with van der Waals surface area (Å²) in [6, 6.07) is 0. The monoisotopic (exact) mass is 1640 g/mol. The maximum atomic E-state index is 12.7. The number of hydrogen-bond acceptors (Lipinski definition) is 8. The van der Waals surface area contributed by atoms with Gasteiger partial charge >= 0.3 is 29.6 Å². The van der Waals surface area contributed by atoms with Gasteiger partial charge in [0.2, 0.25) is 0 Å². The smallest absolute Gasteiger partial charge is 1.00 e. The van der Waals surface area contributed by atoms with E-state index in [-0.39, 0.29) is 63.6 Å². The van der Waals surface area contributed by atoms with Crippen molar-refractivity contribution < 1.29 is 71.5 Å². The zero-order chi connectivity index (χ0) is 84.1. The van der Waals surface area contributed by atoms with Crippen LogP contribution in [-0.2, 0) is 4.79 Å². The van der Waals surface area contributed by atoms with Gasteiger partial charge in [0, 0.05) is 20.8 Å². The molecule has 0 aliphatic heterocycles. The maximum absolute atomic E-state index is 12.7. The number of hydrogen-bond donors (Lipinski definition) is 7. The van der Waals surface area contributed by atoms with E-state index in [1.165, 1.54) is 148 Å². The van der Waals surface area contributed by atoms with Crippen LogP contribution >= 0.6 is 0 Å². The number of rotatable bonds is 20. The fourth-order valence-electron chi connectivity index (χ4n) is 34.8. The van der Waals surface area contributed by atoms with Crippen molar-refractivity contribution >= 4 is 14.2 Å². The molecule has 1 unspecified atom stereocenters. The van der Waals surface area contributed by atoms with E-state index >= 15 is 0 Å². The van der Waals surface area contributed by atoms with Gasteiger partial charge in [0.15, 0.2) is 0 Å². The van der Waals surface area contributed by atoms with Crippen molar-refractivity contribution in [3.8, 4) is 0 Å². The van der Waals surface area contributed by atoms with E-state index in [0.717, 1.165) is 206 Å². The van der Waals surface area contributed by atoms with Gasteiger partial charge in [-0.3, -0.25) is 4.79 Å². The SMILES string of the molecule is CCCC(=O)[C@@H](C)[C@H]1CC[C@H]2[C@@H]3CC=C4C[C@](O)(CC)CC[C@]4(C)[C@H]3CC[C@]12C.CCCC(O)[C@@H](C)[C@H]1CC[C@H]2[C@@H]3CC=C4C[C@](O)(CC)CC[C@]4(C)[C@H]3CC[C@]12C.CCC[C@@H](O)[C@@H](C)[C@H]1CC[C@H]2[C@@H]3CC=C4C[C@](O)(CC)CC[C@]4(C)[C@H]3CC[C@]12C.CCC[C@@H](O)[C@@H](C)[C@H]1CC[C@H]2[C@@H]3CC=C4C[C@](O)(CC)CC[C@]4(C)[C@H]3CC[C@]12C.[B].[H-].[Na+]. The molecule has 16 rings (SSSR count). The number of ketones is 1. The second-order valence-corrected chi connectivity index (χ2v) is 47.6. The molecule has 16 aliphatic rings. The molecule has 118 heavy (non-hydrogen) atoms. The van der Waals surface area contributed by atoms with Crippen molar-refractivity contribution in [3.05, 3.63) is 46.6 Å². The minimum absolute atomic E-state index is 0. The standard InChI is InChI=1S/3C27H46O2.C27H44O2.B.Na.H/c4*1-6-8-24(28)18(3)21-11-12-22-20-10-9-19-17-27(29,7-2)16-15-25(19,4)23(20)13-14-26(21,22)5;;;/h3*9,18,20-24,28-29H,6-8,10-17H2,1-5H3;9,18,20-23,29H,6-8,10-17H2,1-5H3;;;/q;;;;;+1;-1/t18-,20-,21+,22-,23-,24?,25-,26+,27-;2*18-,20-,21+,22-,23-,24+,25-,26+,27-;18-,20-,21+,22-,23-,25-,26+,27-;;;/m0000.../s1. The van der Waals surface area contributed by atoms with Gasteiger partial charge < -0.3 is 37.2 Å². The van der Waals surface area contributed by atoms with Crippen LogP contribution in [0.3, 0.4) is 0 Å². The van der Waals surface area contributed by atoms with Gasteiger partial charge in [0.25, 0.3) is 0 Å². The van der Waals surface area contributed by atoms with Crippen molar-refractivity contribution in [2.24, 2.45) is 162 Å². The van der Waals surface area contributed by atoms with Gasteiger partial charge in [0.05, 0.1) is 40.7 Å². The summed E-state index contributed by atoms with van der Waals surface area (Å²) in [6.45, 7) is 46.9. The number of carbonyl (C=O) groups excluding carboxylic acids is 1. The van der Waals surface area contributed by atoms with E-state index < -0.39 is 22.4 Å². The zero-order valence-electron chi connectivity index (χ0n) is 81.3. The average molecular weight is 1640 g/mol. The first-order valence-electron chi connectivity index (χ1n) is 51.0. The summed E-state index contributed by atoms with van der Waals surface area (Å²) >= 11 is 0. The second-order valence-electron chi connectivity index (χ2n) is 47.6. The Balaban J connectivity index is 0.000000165. The van der Waals surface area contributed by atoms with Crippen LogP contribution in [0.1, 0.15) is 422 Å². The van der Waals surface area contributed by atoms with Crippen LogP contribution in [0.4, 0.5) is 0 Å². The van der Waals surface area contributed by atoms with Gasteiger partial charge in [-0.25, -0.2) is 0 Å². The zero-order valence-corrected chi connectivity index (χ0v) is 82.3. The minimum atomic E-state index is -0.463.